The van der Waals surface area contributed by atoms with Crippen molar-refractivity contribution in [2.24, 2.45) is 5.73 Å². The summed E-state index contributed by atoms with van der Waals surface area (Å²) in [5.41, 5.74) is 10.2. The van der Waals surface area contributed by atoms with Gasteiger partial charge >= 0.3 is 17.9 Å². The molecule has 0 saturated heterocycles. The normalized spacial score (nSPS) is 14.4. The van der Waals surface area contributed by atoms with E-state index in [0.717, 1.165) is 44.5 Å². The first kappa shape index (κ1) is 38.5. The molecule has 0 fully saturated rings. The average Bonchev–Trinajstić information content (AvgIpc) is 3.93. The van der Waals surface area contributed by atoms with Crippen LogP contribution in [0.15, 0.2) is 106 Å². The molecule has 11 heteroatoms. The highest BCUT2D eigenvalue weighted by molar-refractivity contribution is 6.07. The number of hydrogen-bond donors (Lipinski definition) is 3. The second-order valence-electron chi connectivity index (χ2n) is 13.8. The van der Waals surface area contributed by atoms with Crippen molar-refractivity contribution in [1.82, 2.24) is 5.32 Å². The number of hydrogen-bond acceptors (Lipinski definition) is 9. The molecule has 0 aliphatic heterocycles. The van der Waals surface area contributed by atoms with Gasteiger partial charge in [-0.15, -0.1) is 0 Å². The molecule has 55 heavy (non-hydrogen) atoms. The van der Waals surface area contributed by atoms with Crippen LogP contribution in [0, 0.1) is 13.8 Å². The van der Waals surface area contributed by atoms with Crippen molar-refractivity contribution in [3.8, 4) is 0 Å². The lowest BCUT2D eigenvalue weighted by Gasteiger charge is -2.28. The van der Waals surface area contributed by atoms with Crippen LogP contribution in [-0.2, 0) is 44.7 Å². The van der Waals surface area contributed by atoms with Crippen LogP contribution < -0.4 is 11.1 Å². The number of ether oxygens (including phenoxy) is 2. The molecular formula is C44H44N2O9. The van der Waals surface area contributed by atoms with Crippen LogP contribution >= 0.6 is 0 Å². The van der Waals surface area contributed by atoms with Crippen LogP contribution in [0.1, 0.15) is 68.3 Å². The Morgan fingerprint density at radius 1 is 0.655 bits per heavy atom. The SMILES string of the molecule is CCOC(=O)C1(N)Cc2ccccc2C1.CCOC(=O)C1(NC(=O)c2cccc3cc(C)oc23)Cc2ccccc2C1.Cc1cc2cccc(C(=O)O)c2o1. The quantitative estimate of drug-likeness (QED) is 0.144. The third kappa shape index (κ3) is 8.17. The van der Waals surface area contributed by atoms with Crippen molar-refractivity contribution in [1.29, 1.82) is 0 Å². The topological polar surface area (TPSA) is 171 Å². The summed E-state index contributed by atoms with van der Waals surface area (Å²) in [6, 6.07) is 30.0. The number of nitrogens with one attached hydrogen (secondary N) is 1. The highest BCUT2D eigenvalue weighted by atomic mass is 16.5. The summed E-state index contributed by atoms with van der Waals surface area (Å²) in [7, 11) is 0. The van der Waals surface area contributed by atoms with Crippen molar-refractivity contribution >= 4 is 45.8 Å². The fourth-order valence-corrected chi connectivity index (χ4v) is 7.25. The lowest BCUT2D eigenvalue weighted by atomic mass is 9.94. The Kier molecular flexibility index (Phi) is 11.2. The molecule has 2 aliphatic rings. The minimum absolute atomic E-state index is 0.214. The molecule has 4 N–H and O–H groups in total. The number of carboxylic acids is 1. The number of carbonyl (C=O) groups excluding carboxylic acids is 3. The summed E-state index contributed by atoms with van der Waals surface area (Å²) in [6.45, 7) is 7.85. The van der Waals surface area contributed by atoms with Crippen molar-refractivity contribution in [3.05, 3.63) is 142 Å². The fraction of sp³-hybridized carbons (Fsp3) is 0.273. The Hall–Kier alpha value is -6.20. The van der Waals surface area contributed by atoms with Gasteiger partial charge in [0, 0.05) is 36.5 Å². The number of carbonyl (C=O) groups is 4. The monoisotopic (exact) mass is 744 g/mol. The number of furan rings is 2. The van der Waals surface area contributed by atoms with Gasteiger partial charge in [0.1, 0.15) is 39.3 Å². The second-order valence-corrected chi connectivity index (χ2v) is 13.8. The van der Waals surface area contributed by atoms with E-state index in [1.54, 1.807) is 32.9 Å². The molecule has 2 heterocycles. The van der Waals surface area contributed by atoms with Crippen LogP contribution in [-0.4, -0.2) is 53.2 Å². The number of rotatable bonds is 7. The molecule has 2 aliphatic carbocycles. The lowest BCUT2D eigenvalue weighted by molar-refractivity contribution is -0.150. The molecule has 0 spiro atoms. The van der Waals surface area contributed by atoms with Crippen molar-refractivity contribution in [2.45, 2.75) is 64.5 Å². The first-order valence-electron chi connectivity index (χ1n) is 18.2. The Morgan fingerprint density at radius 2 is 1.09 bits per heavy atom. The molecule has 0 saturated carbocycles. The zero-order valence-corrected chi connectivity index (χ0v) is 31.3. The number of nitrogens with two attached hydrogens (primary N) is 1. The van der Waals surface area contributed by atoms with Crippen molar-refractivity contribution in [3.63, 3.8) is 0 Å². The van der Waals surface area contributed by atoms with Crippen LogP contribution in [0.5, 0.6) is 0 Å². The third-order valence-electron chi connectivity index (χ3n) is 9.74. The van der Waals surface area contributed by atoms with Crippen LogP contribution in [0.4, 0.5) is 0 Å². The molecule has 1 amide bonds. The maximum atomic E-state index is 13.1. The van der Waals surface area contributed by atoms with E-state index in [-0.39, 0.29) is 24.0 Å². The highest BCUT2D eigenvalue weighted by Gasteiger charge is 2.47. The lowest BCUT2D eigenvalue weighted by Crippen LogP contribution is -2.56. The fourth-order valence-electron chi connectivity index (χ4n) is 7.25. The zero-order valence-electron chi connectivity index (χ0n) is 31.3. The van der Waals surface area contributed by atoms with Gasteiger partial charge in [0.05, 0.1) is 18.8 Å². The van der Waals surface area contributed by atoms with E-state index in [2.05, 4.69) is 5.32 Å². The number of esters is 2. The van der Waals surface area contributed by atoms with Crippen LogP contribution in [0.2, 0.25) is 0 Å². The number of para-hydroxylation sites is 2. The summed E-state index contributed by atoms with van der Waals surface area (Å²) >= 11 is 0. The summed E-state index contributed by atoms with van der Waals surface area (Å²) in [4.78, 5) is 48.4. The van der Waals surface area contributed by atoms with Gasteiger partial charge in [0.25, 0.3) is 5.91 Å². The van der Waals surface area contributed by atoms with E-state index >= 15 is 0 Å². The first-order valence-corrected chi connectivity index (χ1v) is 18.2. The Morgan fingerprint density at radius 3 is 1.56 bits per heavy atom. The Bertz CT molecular complexity index is 2340. The molecule has 284 valence electrons. The van der Waals surface area contributed by atoms with E-state index in [0.29, 0.717) is 49.0 Å². The maximum Gasteiger partial charge on any atom is 0.339 e. The number of carboxylic acid groups (broad SMARTS) is 1. The summed E-state index contributed by atoms with van der Waals surface area (Å²) in [5.74, 6) is -0.531. The molecule has 6 aromatic rings. The number of aromatic carboxylic acids is 1. The van der Waals surface area contributed by atoms with E-state index in [9.17, 15) is 19.2 Å². The number of amides is 1. The summed E-state index contributed by atoms with van der Waals surface area (Å²) in [5, 5.41) is 13.5. The number of fused-ring (bicyclic) bond motifs is 4. The Balaban J connectivity index is 0.000000155. The molecule has 0 bridgehead atoms. The standard InChI is InChI=1S/C22H21NO4.C12H15NO2.C10H8O3/c1-3-26-21(25)22(12-16-7-4-5-8-17(16)13-22)23-20(24)18-10-6-9-15-11-14(2)27-19(15)18;1-2-15-11(14)12(13)7-9-5-3-4-6-10(9)8-12;1-6-5-7-3-2-4-8(10(11)12)9(7)13-6/h4-11H,3,12-13H2,1-2H3,(H,23,24);3-6H,2,7-8,13H2,1H3;2-5H,1H3,(H,11,12). The average molecular weight is 745 g/mol. The minimum atomic E-state index is -1.10. The smallest absolute Gasteiger partial charge is 0.339 e. The predicted octanol–water partition coefficient (Wildman–Crippen LogP) is 7.06. The van der Waals surface area contributed by atoms with Gasteiger partial charge in [-0.25, -0.2) is 9.59 Å². The molecular weight excluding hydrogens is 700 g/mol. The molecule has 0 atom stereocenters. The third-order valence-corrected chi connectivity index (χ3v) is 9.74. The van der Waals surface area contributed by atoms with Gasteiger partial charge in [-0.3, -0.25) is 9.59 Å². The number of benzene rings is 4. The van der Waals surface area contributed by atoms with Crippen LogP contribution in [0.25, 0.3) is 21.9 Å². The van der Waals surface area contributed by atoms with Crippen LogP contribution in [0.3, 0.4) is 0 Å². The molecule has 8 rings (SSSR count). The second kappa shape index (κ2) is 16.0. The molecule has 4 aromatic carbocycles. The van der Waals surface area contributed by atoms with Gasteiger partial charge in [-0.1, -0.05) is 72.8 Å². The van der Waals surface area contributed by atoms with E-state index in [4.69, 9.17) is 29.1 Å². The van der Waals surface area contributed by atoms with E-state index < -0.39 is 23.0 Å². The van der Waals surface area contributed by atoms with Crippen molar-refractivity contribution < 1.29 is 42.6 Å². The number of aryl methyl sites for hydroxylation is 2. The molecule has 2 aromatic heterocycles. The largest absolute Gasteiger partial charge is 0.478 e. The van der Waals surface area contributed by atoms with Gasteiger partial charge in [-0.2, -0.15) is 0 Å². The predicted molar refractivity (Wildman–Crippen MR) is 207 cm³/mol. The van der Waals surface area contributed by atoms with Gasteiger partial charge in [0.15, 0.2) is 0 Å². The van der Waals surface area contributed by atoms with Gasteiger partial charge < -0.3 is 34.5 Å². The van der Waals surface area contributed by atoms with E-state index in [1.807, 2.05) is 85.8 Å². The zero-order chi connectivity index (χ0) is 39.3. The summed E-state index contributed by atoms with van der Waals surface area (Å²) in [6.07, 6.45) is 2.01. The minimum Gasteiger partial charge on any atom is -0.478 e. The molecule has 0 unspecified atom stereocenters. The van der Waals surface area contributed by atoms with E-state index in [1.165, 1.54) is 6.07 Å². The van der Waals surface area contributed by atoms with Crippen molar-refractivity contribution in [2.75, 3.05) is 13.2 Å². The van der Waals surface area contributed by atoms with Gasteiger partial charge in [0.2, 0.25) is 0 Å². The Labute approximate surface area is 318 Å². The first-order chi connectivity index (χ1) is 26.4. The van der Waals surface area contributed by atoms with Gasteiger partial charge in [-0.05, 0) is 74.2 Å². The summed E-state index contributed by atoms with van der Waals surface area (Å²) < 4.78 is 21.3. The molecule has 11 nitrogen and oxygen atoms in total. The maximum absolute atomic E-state index is 13.1. The molecule has 0 radical (unpaired) electrons. The highest BCUT2D eigenvalue weighted by Crippen LogP contribution is 2.33.